The van der Waals surface area contributed by atoms with Crippen LogP contribution in [0.2, 0.25) is 0 Å². The van der Waals surface area contributed by atoms with E-state index in [1.54, 1.807) is 6.08 Å². The van der Waals surface area contributed by atoms with Gasteiger partial charge in [0.05, 0.1) is 58.4 Å². The maximum absolute atomic E-state index is 13.5. The topological polar surface area (TPSA) is 553 Å². The number of unbranched alkanes of at least 4 members (excludes halogenated alkanes) is 28. The summed E-state index contributed by atoms with van der Waals surface area (Å²) in [5.74, 6) is -1.22. The second-order valence-corrected chi connectivity index (χ2v) is 31.7. The van der Waals surface area contributed by atoms with Gasteiger partial charge in [-0.25, -0.2) is 0 Å². The maximum atomic E-state index is 13.5. The van der Waals surface area contributed by atoms with Crippen molar-refractivity contribution in [3.63, 3.8) is 0 Å². The van der Waals surface area contributed by atoms with Crippen LogP contribution in [0.3, 0.4) is 0 Å². The summed E-state index contributed by atoms with van der Waals surface area (Å²) < 4.78 is 70.2. The van der Waals surface area contributed by atoms with Crippen molar-refractivity contribution in [3.8, 4) is 0 Å². The molecule has 0 spiro atoms. The van der Waals surface area contributed by atoms with E-state index < -0.39 is 248 Å². The summed E-state index contributed by atoms with van der Waals surface area (Å²) in [4.78, 5) is 26.5. The third-order valence-electron chi connectivity index (χ3n) is 22.5. The minimum Gasteiger partial charge on any atom is -0.394 e. The fourth-order valence-corrected chi connectivity index (χ4v) is 15.4. The van der Waals surface area contributed by atoms with Crippen LogP contribution in [0, 0.1) is 0 Å². The Kier molecular flexibility index (Phi) is 48.6. The van der Waals surface area contributed by atoms with Gasteiger partial charge in [-0.1, -0.05) is 192 Å². The fraction of sp³-hybridized carbons (Fsp3) is 0.925. The van der Waals surface area contributed by atoms with Crippen LogP contribution in [-0.4, -0.2) is 351 Å². The molecule has 6 aliphatic heterocycles. The summed E-state index contributed by atoms with van der Waals surface area (Å²) in [6.45, 7) is -0.950. The van der Waals surface area contributed by atoms with E-state index in [4.69, 9.17) is 56.8 Å². The number of nitrogens with one attached hydrogen (secondary N) is 2. The highest BCUT2D eigenvalue weighted by molar-refractivity contribution is 5.76. The molecule has 0 radical (unpaired) electrons. The quantitative estimate of drug-likeness (QED) is 0.0271. The molecule has 0 saturated carbocycles. The smallest absolute Gasteiger partial charge is 0.220 e. The van der Waals surface area contributed by atoms with E-state index in [-0.39, 0.29) is 12.3 Å². The lowest BCUT2D eigenvalue weighted by atomic mass is 9.94. The number of allylic oxidation sites excluding steroid dienone is 3. The average molecular weight is 1660 g/mol. The number of aliphatic hydroxyl groups is 19. The highest BCUT2D eigenvalue weighted by Crippen LogP contribution is 2.38. The standard InChI is InChI=1S/C80H144N2O33/c1-4-6-8-10-12-14-16-18-19-20-21-22-23-24-25-27-29-31-33-35-37-39-56(91)82-48(49(90)38-36-34-32-30-28-26-17-15-13-11-9-7-5-2)46-104-76-66(100)63(97)70(54(44-87)109-76)111-78-67(101)64(98)71(55(45-88)110-78)112-79-68(102)73(60(94)52(42-85)107-79)114-75-57(81-47(3)89)72(59(93)51(41-84)105-75)113-80-69(103)74(61(95)53(43-86)108-80)115-77-65(99)62(96)58(92)50(40-83)106-77/h18-19,36,38,48-55,57-80,83-88,90,92-103H,4-17,20-35,37,39-46H2,1-3H3,(H,81,89)(H,82,91)/b19-18-,38-36+/t48-,49+,50?,51?,52?,53?,54?,55?,57?,58-,59-,60-,61-,62-,63+,64+,65?,66?,67?,68?,69?,70+,71-,72+,73-,74-,75-,76+,77+,78-,79-,80-/m0/s1. The molecule has 0 aromatic heterocycles. The number of aliphatic hydroxyl groups excluding tert-OH is 19. The van der Waals surface area contributed by atoms with Crippen LogP contribution in [0.5, 0.6) is 0 Å². The molecule has 115 heavy (non-hydrogen) atoms. The number of hydrogen-bond donors (Lipinski definition) is 21. The zero-order valence-electron chi connectivity index (χ0n) is 67.6. The number of hydrogen-bond acceptors (Lipinski definition) is 33. The van der Waals surface area contributed by atoms with Crippen molar-refractivity contribution in [2.75, 3.05) is 46.2 Å². The van der Waals surface area contributed by atoms with Gasteiger partial charge in [0.15, 0.2) is 37.7 Å². The molecular formula is C80H144N2O33. The van der Waals surface area contributed by atoms with Crippen LogP contribution >= 0.6 is 0 Å². The van der Waals surface area contributed by atoms with Crippen LogP contribution in [-0.2, 0) is 66.4 Å². The van der Waals surface area contributed by atoms with Gasteiger partial charge in [-0.15, -0.1) is 0 Å². The van der Waals surface area contributed by atoms with Crippen molar-refractivity contribution in [2.24, 2.45) is 0 Å². The molecule has 2 amide bonds. The van der Waals surface area contributed by atoms with Gasteiger partial charge in [0.25, 0.3) is 0 Å². The van der Waals surface area contributed by atoms with E-state index in [1.165, 1.54) is 128 Å². The molecule has 0 aromatic carbocycles. The molecule has 6 saturated heterocycles. The van der Waals surface area contributed by atoms with Crippen molar-refractivity contribution in [3.05, 3.63) is 24.3 Å². The number of ether oxygens (including phenoxy) is 12. The van der Waals surface area contributed by atoms with Gasteiger partial charge in [-0.2, -0.15) is 0 Å². The predicted octanol–water partition coefficient (Wildman–Crippen LogP) is -0.451. The van der Waals surface area contributed by atoms with Crippen LogP contribution in [0.25, 0.3) is 0 Å². The molecule has 0 aromatic rings. The first kappa shape index (κ1) is 101. The molecule has 32 atom stereocenters. The molecule has 6 aliphatic rings. The third kappa shape index (κ3) is 31.8. The second-order valence-electron chi connectivity index (χ2n) is 31.7. The van der Waals surface area contributed by atoms with Gasteiger partial charge in [0, 0.05) is 13.3 Å². The van der Waals surface area contributed by atoms with Gasteiger partial charge < -0.3 is 164 Å². The summed E-state index contributed by atoms with van der Waals surface area (Å²) >= 11 is 0. The highest BCUT2D eigenvalue weighted by atomic mass is 16.8. The SMILES string of the molecule is CCCCCCCC/C=C\CCCCCCCCCCCCCC(=O)N[C@@H](CO[C@@H]1OC(CO)[C@@H](O[C@@H]2OC(CO)[C@H](O[C@@H]3OC(CO)[C@H](O)[C@H](O[C@@H]4OC(CO)[C@H](O)[C@H](O[C@@H]5OC(CO)[C@H](O)[C@H](O[C@H]6OC(CO)[C@H](O)[C@H](O)C6O)C5O)C4NC(C)=O)C3O)[C@H](O)C2O)[C@H](O)C1O)[C@H](O)/C=C/CCCCCCCCCCCCC. The van der Waals surface area contributed by atoms with Crippen LogP contribution in [0.4, 0.5) is 0 Å². The average Bonchev–Trinajstić information content (AvgIpc) is 0.770. The van der Waals surface area contributed by atoms with E-state index in [9.17, 15) is 107 Å². The van der Waals surface area contributed by atoms with Crippen molar-refractivity contribution < 1.29 is 163 Å². The highest BCUT2D eigenvalue weighted by Gasteiger charge is 2.58. The summed E-state index contributed by atoms with van der Waals surface area (Å²) in [5, 5.41) is 216. The molecule has 35 heteroatoms. The van der Waals surface area contributed by atoms with Crippen molar-refractivity contribution >= 4 is 11.8 Å². The van der Waals surface area contributed by atoms with E-state index in [1.807, 2.05) is 6.08 Å². The van der Waals surface area contributed by atoms with Crippen molar-refractivity contribution in [2.45, 2.75) is 423 Å². The Balaban J connectivity index is 1.04. The normalized spacial score (nSPS) is 36.7. The summed E-state index contributed by atoms with van der Waals surface area (Å²) in [6.07, 6.45) is -13.6. The zero-order valence-corrected chi connectivity index (χ0v) is 67.6. The maximum Gasteiger partial charge on any atom is 0.220 e. The Morgan fingerprint density at radius 2 is 0.652 bits per heavy atom. The summed E-state index contributed by atoms with van der Waals surface area (Å²) in [6, 6.07) is -2.89. The third-order valence-corrected chi connectivity index (χ3v) is 22.5. The Morgan fingerprint density at radius 1 is 0.339 bits per heavy atom. The Morgan fingerprint density at radius 3 is 1.07 bits per heavy atom. The van der Waals surface area contributed by atoms with Gasteiger partial charge >= 0.3 is 0 Å². The lowest BCUT2D eigenvalue weighted by Gasteiger charge is -2.50. The molecule has 21 N–H and O–H groups in total. The first-order valence-electron chi connectivity index (χ1n) is 42.6. The van der Waals surface area contributed by atoms with Gasteiger partial charge in [0.1, 0.15) is 146 Å². The summed E-state index contributed by atoms with van der Waals surface area (Å²) in [5.41, 5.74) is 0. The van der Waals surface area contributed by atoms with Gasteiger partial charge in [0.2, 0.25) is 11.8 Å². The van der Waals surface area contributed by atoms with E-state index in [0.717, 1.165) is 64.7 Å². The van der Waals surface area contributed by atoms with Crippen LogP contribution in [0.15, 0.2) is 24.3 Å². The molecule has 6 heterocycles. The van der Waals surface area contributed by atoms with Crippen molar-refractivity contribution in [1.82, 2.24) is 10.6 Å². The molecule has 0 bridgehead atoms. The molecule has 35 nitrogen and oxygen atoms in total. The Labute approximate surface area is 676 Å². The number of rotatable bonds is 56. The Bertz CT molecular complexity index is 2630. The second kappa shape index (κ2) is 55.3. The van der Waals surface area contributed by atoms with Crippen LogP contribution < -0.4 is 10.6 Å². The number of carbonyl (C=O) groups is 2. The first-order chi connectivity index (χ1) is 55.4. The minimum absolute atomic E-state index is 0.179. The van der Waals surface area contributed by atoms with Crippen molar-refractivity contribution in [1.29, 1.82) is 0 Å². The largest absolute Gasteiger partial charge is 0.394 e. The minimum atomic E-state index is -2.26. The fourth-order valence-electron chi connectivity index (χ4n) is 15.4. The molecule has 6 fully saturated rings. The lowest BCUT2D eigenvalue weighted by molar-refractivity contribution is -0.391. The molecule has 0 aliphatic carbocycles. The number of carbonyl (C=O) groups excluding carboxylic acids is 2. The lowest BCUT2D eigenvalue weighted by Crippen LogP contribution is -2.70. The van der Waals surface area contributed by atoms with Gasteiger partial charge in [-0.05, 0) is 44.9 Å². The van der Waals surface area contributed by atoms with Crippen LogP contribution in [0.1, 0.15) is 226 Å². The molecular weight excluding hydrogens is 1520 g/mol. The Hall–Kier alpha value is -2.82. The van der Waals surface area contributed by atoms with Gasteiger partial charge in [-0.3, -0.25) is 9.59 Å². The molecule has 6 rings (SSSR count). The molecule has 12 unspecified atom stereocenters. The molecule has 672 valence electrons. The zero-order chi connectivity index (χ0) is 83.9. The number of amides is 2. The predicted molar refractivity (Wildman–Crippen MR) is 410 cm³/mol. The summed E-state index contributed by atoms with van der Waals surface area (Å²) in [7, 11) is 0. The van der Waals surface area contributed by atoms with E-state index in [0.29, 0.717) is 12.8 Å². The van der Waals surface area contributed by atoms with E-state index >= 15 is 0 Å². The van der Waals surface area contributed by atoms with E-state index in [2.05, 4.69) is 36.6 Å². The first-order valence-corrected chi connectivity index (χ1v) is 42.6. The monoisotopic (exact) mass is 1660 g/mol.